The van der Waals surface area contributed by atoms with E-state index in [1.54, 1.807) is 39.0 Å². The van der Waals surface area contributed by atoms with Gasteiger partial charge >= 0.3 is 5.97 Å². The number of aromatic nitrogens is 3. The van der Waals surface area contributed by atoms with Crippen LogP contribution in [-0.4, -0.2) is 53.2 Å². The third kappa shape index (κ3) is 6.76. The predicted molar refractivity (Wildman–Crippen MR) is 136 cm³/mol. The maximum absolute atomic E-state index is 13.8. The van der Waals surface area contributed by atoms with Gasteiger partial charge in [-0.25, -0.2) is 22.6 Å². The largest absolute Gasteiger partial charge is 0.495 e. The van der Waals surface area contributed by atoms with E-state index in [0.29, 0.717) is 32.0 Å². The van der Waals surface area contributed by atoms with Gasteiger partial charge in [0.2, 0.25) is 0 Å². The van der Waals surface area contributed by atoms with E-state index in [1.807, 2.05) is 0 Å². The van der Waals surface area contributed by atoms with Crippen LogP contribution in [0.25, 0.3) is 22.3 Å². The second-order valence-electron chi connectivity index (χ2n) is 9.44. The lowest BCUT2D eigenvalue weighted by atomic mass is 9.96. The fourth-order valence-electron chi connectivity index (χ4n) is 3.83. The Labute approximate surface area is 222 Å². The number of carbonyl (C=O) groups is 1. The van der Waals surface area contributed by atoms with Gasteiger partial charge in [-0.3, -0.25) is 9.36 Å². The molecule has 0 saturated carbocycles. The molecule has 1 aromatic carbocycles. The molecule has 2 unspecified atom stereocenters. The number of alkyl halides is 3. The molecule has 2 atom stereocenters. The molecule has 3 rings (SSSR count). The van der Waals surface area contributed by atoms with Gasteiger partial charge in [0.05, 0.1) is 19.5 Å². The summed E-state index contributed by atoms with van der Waals surface area (Å²) in [6.07, 6.45) is -1.93. The van der Waals surface area contributed by atoms with E-state index >= 15 is 0 Å². The normalized spacial score (nSPS) is 13.4. The quantitative estimate of drug-likeness (QED) is 0.299. The Balaban J connectivity index is 2.14. The van der Waals surface area contributed by atoms with Crippen LogP contribution in [0.15, 0.2) is 47.7 Å². The van der Waals surface area contributed by atoms with Crippen molar-refractivity contribution in [3.05, 3.63) is 58.2 Å². The van der Waals surface area contributed by atoms with Crippen molar-refractivity contribution >= 4 is 17.6 Å². The van der Waals surface area contributed by atoms with Gasteiger partial charge in [-0.1, -0.05) is 17.7 Å². The van der Waals surface area contributed by atoms with Gasteiger partial charge in [-0.15, -0.1) is 0 Å². The number of ether oxygens (including phenoxy) is 3. The molecular weight excluding hydrogens is 527 g/mol. The first-order chi connectivity index (χ1) is 17.9. The van der Waals surface area contributed by atoms with Crippen LogP contribution >= 0.6 is 11.6 Å². The molecule has 2 aromatic heterocycles. The van der Waals surface area contributed by atoms with Crippen LogP contribution in [0.5, 0.6) is 5.75 Å². The highest BCUT2D eigenvalue weighted by Crippen LogP contribution is 2.39. The molecule has 0 N–H and O–H groups in total. The molecule has 0 amide bonds. The second kappa shape index (κ2) is 12.0. The zero-order valence-corrected chi connectivity index (χ0v) is 22.3. The fourth-order valence-corrected chi connectivity index (χ4v) is 4.01. The van der Waals surface area contributed by atoms with Gasteiger partial charge in [0.25, 0.3) is 18.3 Å². The van der Waals surface area contributed by atoms with E-state index in [0.717, 1.165) is 6.20 Å². The summed E-state index contributed by atoms with van der Waals surface area (Å²) in [6, 6.07) is 5.01. The van der Waals surface area contributed by atoms with Crippen LogP contribution in [0.3, 0.4) is 0 Å². The molecule has 0 saturated heterocycles. The molecule has 0 spiro atoms. The summed E-state index contributed by atoms with van der Waals surface area (Å²) < 4.78 is 57.5. The molecule has 8 nitrogen and oxygen atoms in total. The minimum Gasteiger partial charge on any atom is -0.495 e. The van der Waals surface area contributed by atoms with Crippen molar-refractivity contribution in [3.8, 4) is 28.0 Å². The van der Waals surface area contributed by atoms with Crippen molar-refractivity contribution in [1.29, 1.82) is 0 Å². The van der Waals surface area contributed by atoms with Crippen molar-refractivity contribution in [2.45, 2.75) is 51.6 Å². The van der Waals surface area contributed by atoms with E-state index in [-0.39, 0.29) is 18.8 Å². The number of carbonyl (C=O) groups excluding carboxylic acids is 1. The van der Waals surface area contributed by atoms with Crippen LogP contribution in [0.1, 0.15) is 39.5 Å². The number of nitrogens with zero attached hydrogens (tertiary/aromatic N) is 3. The molecule has 2 heterocycles. The Morgan fingerprint density at radius 3 is 2.39 bits per heavy atom. The Morgan fingerprint density at radius 2 is 1.79 bits per heavy atom. The third-order valence-corrected chi connectivity index (χ3v) is 5.75. The minimum absolute atomic E-state index is 0.171. The van der Waals surface area contributed by atoms with Crippen LogP contribution in [0.4, 0.5) is 13.2 Å². The number of pyridine rings is 1. The number of halogens is 4. The standard InChI is InChI=1S/C26H29ClF3N3O5/c1-26(2,3)38-25(35)20(8-9-36-4)32-14-21(37-5)19(11-22(32)34)18-10-16(27)6-7-17(18)15-12-31-33(13-15)24(30)23(28)29/h6-7,10-14,20,23-24H,8-9H2,1-5H3. The summed E-state index contributed by atoms with van der Waals surface area (Å²) in [5.74, 6) is -0.385. The first-order valence-corrected chi connectivity index (χ1v) is 12.0. The highest BCUT2D eigenvalue weighted by Gasteiger charge is 2.29. The Morgan fingerprint density at radius 1 is 1.08 bits per heavy atom. The van der Waals surface area contributed by atoms with E-state index < -0.39 is 35.9 Å². The van der Waals surface area contributed by atoms with Crippen LogP contribution in [0, 0.1) is 0 Å². The second-order valence-corrected chi connectivity index (χ2v) is 9.87. The third-order valence-electron chi connectivity index (χ3n) is 5.52. The molecule has 0 fully saturated rings. The van der Waals surface area contributed by atoms with Gasteiger partial charge in [-0.2, -0.15) is 5.10 Å². The molecule has 0 bridgehead atoms. The van der Waals surface area contributed by atoms with Crippen LogP contribution in [-0.2, 0) is 14.3 Å². The predicted octanol–water partition coefficient (Wildman–Crippen LogP) is 5.69. The topological polar surface area (TPSA) is 84.6 Å². The summed E-state index contributed by atoms with van der Waals surface area (Å²) >= 11 is 6.25. The molecule has 0 aliphatic heterocycles. The number of methoxy groups -OCH3 is 2. The lowest BCUT2D eigenvalue weighted by molar-refractivity contribution is -0.159. The zero-order valence-electron chi connectivity index (χ0n) is 21.6. The lowest BCUT2D eigenvalue weighted by Gasteiger charge is -2.25. The molecule has 206 valence electrons. The maximum atomic E-state index is 13.8. The van der Waals surface area contributed by atoms with E-state index in [2.05, 4.69) is 5.10 Å². The number of esters is 1. The number of rotatable bonds is 10. The Bertz CT molecular complexity index is 1340. The SMILES string of the molecule is COCCC(C(=O)OC(C)(C)C)n1cc(OC)c(-c2cc(Cl)ccc2-c2cnn(C(F)C(F)F)c2)cc1=O. The van der Waals surface area contributed by atoms with E-state index in [1.165, 1.54) is 37.2 Å². The molecule has 0 aliphatic carbocycles. The van der Waals surface area contributed by atoms with E-state index in [4.69, 9.17) is 25.8 Å². The van der Waals surface area contributed by atoms with Crippen LogP contribution in [0.2, 0.25) is 5.02 Å². The zero-order chi connectivity index (χ0) is 28.2. The van der Waals surface area contributed by atoms with Crippen molar-refractivity contribution in [2.75, 3.05) is 20.8 Å². The number of hydrogen-bond donors (Lipinski definition) is 0. The van der Waals surface area contributed by atoms with Crippen LogP contribution < -0.4 is 10.3 Å². The summed E-state index contributed by atoms with van der Waals surface area (Å²) in [5, 5.41) is 4.04. The average molecular weight is 556 g/mol. The highest BCUT2D eigenvalue weighted by molar-refractivity contribution is 6.31. The van der Waals surface area contributed by atoms with Gasteiger partial charge < -0.3 is 14.2 Å². The van der Waals surface area contributed by atoms with Crippen molar-refractivity contribution in [3.63, 3.8) is 0 Å². The minimum atomic E-state index is -3.25. The number of benzene rings is 1. The Hall–Kier alpha value is -3.31. The first-order valence-electron chi connectivity index (χ1n) is 11.6. The molecular formula is C26H29ClF3N3O5. The molecule has 0 aliphatic rings. The molecule has 12 heteroatoms. The van der Waals surface area contributed by atoms with Crippen molar-refractivity contribution < 1.29 is 32.2 Å². The monoisotopic (exact) mass is 555 g/mol. The molecule has 3 aromatic rings. The van der Waals surface area contributed by atoms with Gasteiger partial charge in [0.1, 0.15) is 17.4 Å². The summed E-state index contributed by atoms with van der Waals surface area (Å²) in [6.45, 7) is 5.36. The first kappa shape index (κ1) is 29.2. The molecule has 38 heavy (non-hydrogen) atoms. The summed E-state index contributed by atoms with van der Waals surface area (Å²) in [7, 11) is 2.87. The smallest absolute Gasteiger partial charge is 0.329 e. The lowest BCUT2D eigenvalue weighted by Crippen LogP contribution is -2.35. The number of hydrogen-bond acceptors (Lipinski definition) is 6. The van der Waals surface area contributed by atoms with Gasteiger partial charge in [0.15, 0.2) is 0 Å². The van der Waals surface area contributed by atoms with E-state index in [9.17, 15) is 22.8 Å². The summed E-state index contributed by atoms with van der Waals surface area (Å²) in [5.41, 5.74) is 0.184. The molecule has 0 radical (unpaired) electrons. The van der Waals surface area contributed by atoms with Gasteiger partial charge in [0, 0.05) is 48.6 Å². The van der Waals surface area contributed by atoms with Gasteiger partial charge in [-0.05, 0) is 44.0 Å². The summed E-state index contributed by atoms with van der Waals surface area (Å²) in [4.78, 5) is 26.3. The van der Waals surface area contributed by atoms with Crippen molar-refractivity contribution in [2.24, 2.45) is 0 Å². The van der Waals surface area contributed by atoms with Crippen molar-refractivity contribution in [1.82, 2.24) is 14.3 Å². The fraction of sp³-hybridized carbons (Fsp3) is 0.423. The maximum Gasteiger partial charge on any atom is 0.329 e. The average Bonchev–Trinajstić information content (AvgIpc) is 3.33. The highest BCUT2D eigenvalue weighted by atomic mass is 35.5. The Kier molecular flexibility index (Phi) is 9.26.